The first-order valence-electron chi connectivity index (χ1n) is 8.65. The summed E-state index contributed by atoms with van der Waals surface area (Å²) in [6.07, 6.45) is 2.82. The number of carbonyl (C=O) groups is 1. The number of nitrogens with one attached hydrogen (secondary N) is 1. The van der Waals surface area contributed by atoms with Gasteiger partial charge in [-0.25, -0.2) is 9.80 Å². The lowest BCUT2D eigenvalue weighted by molar-refractivity contribution is -0.118. The number of amides is 2. The minimum atomic E-state index is -0.691. The van der Waals surface area contributed by atoms with Crippen LogP contribution in [0.5, 0.6) is 0 Å². The summed E-state index contributed by atoms with van der Waals surface area (Å²) in [6.45, 7) is 8.44. The quantitative estimate of drug-likeness (QED) is 0.251. The fourth-order valence-electron chi connectivity index (χ4n) is 2.57. The Labute approximate surface area is 164 Å². The number of hydrazone groups is 1. The van der Waals surface area contributed by atoms with Crippen LogP contribution in [-0.2, 0) is 0 Å². The molecule has 1 aliphatic rings. The number of aryl methyl sites for hydroxylation is 1. The highest BCUT2D eigenvalue weighted by atomic mass is 32.2. The van der Waals surface area contributed by atoms with Crippen molar-refractivity contribution in [2.24, 2.45) is 5.10 Å². The molecule has 1 unspecified atom stereocenters. The Morgan fingerprint density at radius 1 is 1.46 bits per heavy atom. The average molecular weight is 395 g/mol. The SMILES string of the molecule is CCCCNC(=O)N(O)C1N(/N=C/c2ccc(C)cc2)C(=S)SC1(C)C. The second-order valence-electron chi connectivity index (χ2n) is 6.77. The second kappa shape index (κ2) is 8.83. The van der Waals surface area contributed by atoms with Gasteiger partial charge in [0.1, 0.15) is 0 Å². The van der Waals surface area contributed by atoms with Gasteiger partial charge in [-0.05, 0) is 32.8 Å². The average Bonchev–Trinajstić information content (AvgIpc) is 2.81. The lowest BCUT2D eigenvalue weighted by Gasteiger charge is -2.34. The number of nitrogens with zero attached hydrogens (tertiary/aromatic N) is 3. The third kappa shape index (κ3) is 4.96. The van der Waals surface area contributed by atoms with Crippen LogP contribution < -0.4 is 5.32 Å². The number of urea groups is 1. The third-order valence-corrected chi connectivity index (χ3v) is 5.58. The summed E-state index contributed by atoms with van der Waals surface area (Å²) in [4.78, 5) is 12.3. The van der Waals surface area contributed by atoms with Gasteiger partial charge in [-0.3, -0.25) is 5.21 Å². The highest BCUT2D eigenvalue weighted by molar-refractivity contribution is 8.24. The predicted octanol–water partition coefficient (Wildman–Crippen LogP) is 3.97. The third-order valence-electron chi connectivity index (χ3n) is 4.05. The van der Waals surface area contributed by atoms with Crippen LogP contribution in [0.2, 0.25) is 0 Å². The van der Waals surface area contributed by atoms with Gasteiger partial charge in [0.25, 0.3) is 0 Å². The lowest BCUT2D eigenvalue weighted by atomic mass is 10.1. The number of unbranched alkanes of at least 4 members (excludes halogenated alkanes) is 1. The number of carbonyl (C=O) groups excluding carboxylic acids is 1. The van der Waals surface area contributed by atoms with E-state index in [2.05, 4.69) is 10.4 Å². The zero-order valence-electron chi connectivity index (χ0n) is 15.6. The topological polar surface area (TPSA) is 68.2 Å². The Hall–Kier alpha value is -1.64. The molecule has 1 atom stereocenters. The molecule has 0 bridgehead atoms. The molecule has 1 aromatic rings. The first-order valence-corrected chi connectivity index (χ1v) is 9.87. The van der Waals surface area contributed by atoms with Crippen molar-refractivity contribution in [3.05, 3.63) is 35.4 Å². The molecule has 0 spiro atoms. The summed E-state index contributed by atoms with van der Waals surface area (Å²) >= 11 is 6.83. The minimum Gasteiger partial charge on any atom is -0.336 e. The van der Waals surface area contributed by atoms with E-state index in [1.54, 1.807) is 6.21 Å². The van der Waals surface area contributed by atoms with Gasteiger partial charge in [-0.2, -0.15) is 10.2 Å². The summed E-state index contributed by atoms with van der Waals surface area (Å²) in [6, 6.07) is 7.37. The molecule has 2 N–H and O–H groups in total. The van der Waals surface area contributed by atoms with E-state index in [1.165, 1.54) is 22.3 Å². The van der Waals surface area contributed by atoms with E-state index >= 15 is 0 Å². The molecule has 1 saturated heterocycles. The Bertz CT molecular complexity index is 676. The van der Waals surface area contributed by atoms with Crippen LogP contribution in [0.25, 0.3) is 0 Å². The van der Waals surface area contributed by atoms with Crippen molar-refractivity contribution >= 4 is 40.5 Å². The molecule has 1 fully saturated rings. The summed E-state index contributed by atoms with van der Waals surface area (Å²) in [7, 11) is 0. The largest absolute Gasteiger partial charge is 0.343 e. The normalized spacial score (nSPS) is 19.2. The molecule has 0 saturated carbocycles. The fourth-order valence-corrected chi connectivity index (χ4v) is 4.36. The van der Waals surface area contributed by atoms with E-state index in [4.69, 9.17) is 12.2 Å². The lowest BCUT2D eigenvalue weighted by Crippen LogP contribution is -2.55. The van der Waals surface area contributed by atoms with Gasteiger partial charge < -0.3 is 5.32 Å². The van der Waals surface area contributed by atoms with Crippen molar-refractivity contribution in [3.63, 3.8) is 0 Å². The van der Waals surface area contributed by atoms with Gasteiger partial charge in [0.05, 0.1) is 11.0 Å². The molecular weight excluding hydrogens is 368 g/mol. The van der Waals surface area contributed by atoms with Crippen molar-refractivity contribution in [2.45, 2.75) is 51.4 Å². The number of hydrogen-bond donors (Lipinski definition) is 2. The summed E-state index contributed by atoms with van der Waals surface area (Å²) in [5.41, 5.74) is 2.09. The molecule has 0 aromatic heterocycles. The fraction of sp³-hybridized carbons (Fsp3) is 0.500. The van der Waals surface area contributed by atoms with Crippen molar-refractivity contribution in [2.75, 3.05) is 6.54 Å². The standard InChI is InChI=1S/C18H26N4O2S2/c1-5-6-11-19-16(23)22(24)15-18(3,4)26-17(25)21(15)20-12-14-9-7-13(2)8-10-14/h7-10,12,15,24H,5-6,11H2,1-4H3,(H,19,23)/b20-12+. The predicted molar refractivity (Wildman–Crippen MR) is 111 cm³/mol. The number of rotatable bonds is 6. The van der Waals surface area contributed by atoms with E-state index < -0.39 is 16.9 Å². The molecule has 6 nitrogen and oxygen atoms in total. The number of benzene rings is 1. The first kappa shape index (κ1) is 20.7. The van der Waals surface area contributed by atoms with Gasteiger partial charge in [-0.1, -0.05) is 67.2 Å². The molecule has 0 aliphatic carbocycles. The Kier molecular flexibility index (Phi) is 7.02. The van der Waals surface area contributed by atoms with E-state index in [1.807, 2.05) is 52.0 Å². The molecule has 8 heteroatoms. The zero-order valence-corrected chi connectivity index (χ0v) is 17.2. The Morgan fingerprint density at radius 2 is 2.12 bits per heavy atom. The van der Waals surface area contributed by atoms with Crippen LogP contribution in [0.1, 0.15) is 44.7 Å². The molecular formula is C18H26N4O2S2. The minimum absolute atomic E-state index is 0.501. The van der Waals surface area contributed by atoms with Crippen LogP contribution in [0.15, 0.2) is 29.4 Å². The number of hydrogen-bond acceptors (Lipinski definition) is 5. The van der Waals surface area contributed by atoms with Crippen LogP contribution in [0.3, 0.4) is 0 Å². The number of thioether (sulfide) groups is 1. The zero-order chi connectivity index (χ0) is 19.3. The summed E-state index contributed by atoms with van der Waals surface area (Å²) in [5, 5.41) is 19.9. The molecule has 2 rings (SSSR count). The van der Waals surface area contributed by atoms with Gasteiger partial charge in [0.2, 0.25) is 0 Å². The first-order chi connectivity index (χ1) is 12.3. The molecule has 2 amide bonds. The molecule has 1 heterocycles. The molecule has 1 aromatic carbocycles. The van der Waals surface area contributed by atoms with Crippen molar-refractivity contribution in [1.82, 2.24) is 15.4 Å². The highest BCUT2D eigenvalue weighted by Gasteiger charge is 2.49. The van der Waals surface area contributed by atoms with Crippen LogP contribution in [-0.4, -0.2) is 49.3 Å². The Balaban J connectivity index is 2.18. The van der Waals surface area contributed by atoms with Crippen LogP contribution in [0, 0.1) is 6.92 Å². The maximum Gasteiger partial charge on any atom is 0.343 e. The van der Waals surface area contributed by atoms with Crippen molar-refractivity contribution in [1.29, 1.82) is 0 Å². The molecule has 142 valence electrons. The summed E-state index contributed by atoms with van der Waals surface area (Å²) in [5.74, 6) is 0. The van der Waals surface area contributed by atoms with Crippen LogP contribution >= 0.6 is 24.0 Å². The number of hydroxylamine groups is 2. The molecule has 1 aliphatic heterocycles. The molecule has 0 radical (unpaired) electrons. The van der Waals surface area contributed by atoms with E-state index in [0.29, 0.717) is 15.9 Å². The second-order valence-corrected chi connectivity index (χ2v) is 9.06. The summed E-state index contributed by atoms with van der Waals surface area (Å²) < 4.78 is 0.0159. The van der Waals surface area contributed by atoms with Gasteiger partial charge in [0.15, 0.2) is 10.5 Å². The maximum absolute atomic E-state index is 12.3. The highest BCUT2D eigenvalue weighted by Crippen LogP contribution is 2.42. The smallest absolute Gasteiger partial charge is 0.336 e. The van der Waals surface area contributed by atoms with Crippen LogP contribution in [0.4, 0.5) is 4.79 Å². The van der Waals surface area contributed by atoms with Crippen molar-refractivity contribution < 1.29 is 10.0 Å². The number of thiocarbonyl (C=S) groups is 1. The van der Waals surface area contributed by atoms with Gasteiger partial charge in [0, 0.05) is 6.54 Å². The molecule has 26 heavy (non-hydrogen) atoms. The maximum atomic E-state index is 12.3. The monoisotopic (exact) mass is 394 g/mol. The van der Waals surface area contributed by atoms with E-state index in [9.17, 15) is 10.0 Å². The van der Waals surface area contributed by atoms with E-state index in [0.717, 1.165) is 18.4 Å². The van der Waals surface area contributed by atoms with E-state index in [-0.39, 0.29) is 0 Å². The van der Waals surface area contributed by atoms with Gasteiger partial charge >= 0.3 is 6.03 Å². The van der Waals surface area contributed by atoms with Gasteiger partial charge in [-0.15, -0.1) is 0 Å². The Morgan fingerprint density at radius 3 is 2.73 bits per heavy atom. The van der Waals surface area contributed by atoms with Crippen molar-refractivity contribution in [3.8, 4) is 0 Å².